The molecule has 1 saturated carbocycles. The van der Waals surface area contributed by atoms with Gasteiger partial charge < -0.3 is 15.2 Å². The second kappa shape index (κ2) is 7.31. The average Bonchev–Trinajstić information content (AvgIpc) is 3.19. The zero-order valence-corrected chi connectivity index (χ0v) is 13.1. The number of halogens is 1. The van der Waals surface area contributed by atoms with E-state index in [9.17, 15) is 9.18 Å². The van der Waals surface area contributed by atoms with Crippen LogP contribution in [0.15, 0.2) is 42.6 Å². The highest BCUT2D eigenvalue weighted by Gasteiger charge is 2.16. The summed E-state index contributed by atoms with van der Waals surface area (Å²) < 4.78 is 15.7. The lowest BCUT2D eigenvalue weighted by Gasteiger charge is -2.14. The summed E-state index contributed by atoms with van der Waals surface area (Å²) in [5.74, 6) is -0.209. The number of benzene rings is 1. The summed E-state index contributed by atoms with van der Waals surface area (Å²) >= 11 is 0. The van der Waals surface area contributed by atoms with Gasteiger partial charge in [0, 0.05) is 23.5 Å². The fraction of sp³-hybridized carbons (Fsp3) is 0.389. The molecule has 1 aliphatic carbocycles. The number of aromatic nitrogens is 1. The van der Waals surface area contributed by atoms with E-state index in [0.29, 0.717) is 24.7 Å². The van der Waals surface area contributed by atoms with Crippen molar-refractivity contribution in [3.05, 3.63) is 59.7 Å². The number of hydrogen-bond donors (Lipinski definition) is 2. The van der Waals surface area contributed by atoms with Gasteiger partial charge in [-0.15, -0.1) is 0 Å². The summed E-state index contributed by atoms with van der Waals surface area (Å²) in [6, 6.07) is 10.8. The fourth-order valence-electron chi connectivity index (χ4n) is 3.05. The van der Waals surface area contributed by atoms with Gasteiger partial charge in [-0.05, 0) is 31.0 Å². The molecule has 122 valence electrons. The molecule has 1 aromatic carbocycles. The Hall–Kier alpha value is -2.30. The van der Waals surface area contributed by atoms with Crippen molar-refractivity contribution in [3.63, 3.8) is 0 Å². The molecular weight excluding hydrogens is 293 g/mol. The molecule has 1 heterocycles. The first-order valence-electron chi connectivity index (χ1n) is 8.14. The smallest absolute Gasteiger partial charge is 0.315 e. The van der Waals surface area contributed by atoms with Crippen molar-refractivity contribution in [2.24, 2.45) is 0 Å². The van der Waals surface area contributed by atoms with Gasteiger partial charge in [-0.25, -0.2) is 9.18 Å². The first-order valence-corrected chi connectivity index (χ1v) is 8.14. The lowest BCUT2D eigenvalue weighted by atomic mass is 10.2. The van der Waals surface area contributed by atoms with E-state index in [2.05, 4.69) is 10.6 Å². The summed E-state index contributed by atoms with van der Waals surface area (Å²) in [5.41, 5.74) is 1.59. The normalized spacial score (nSPS) is 14.8. The Bertz CT molecular complexity index is 662. The average molecular weight is 315 g/mol. The number of nitrogens with one attached hydrogen (secondary N) is 2. The molecule has 0 saturated heterocycles. The summed E-state index contributed by atoms with van der Waals surface area (Å²) in [6.07, 6.45) is 6.42. The van der Waals surface area contributed by atoms with Gasteiger partial charge in [-0.2, -0.15) is 0 Å². The number of amides is 2. The number of carbonyl (C=O) groups excluding carboxylic acids is 1. The van der Waals surface area contributed by atoms with Gasteiger partial charge in [-0.3, -0.25) is 0 Å². The predicted molar refractivity (Wildman–Crippen MR) is 87.6 cm³/mol. The molecule has 23 heavy (non-hydrogen) atoms. The molecule has 2 amide bonds. The van der Waals surface area contributed by atoms with Crippen LogP contribution in [0.4, 0.5) is 9.18 Å². The summed E-state index contributed by atoms with van der Waals surface area (Å²) in [6.45, 7) is 0.890. The van der Waals surface area contributed by atoms with Crippen LogP contribution in [-0.2, 0) is 13.1 Å². The molecule has 0 atom stereocenters. The lowest BCUT2D eigenvalue weighted by Crippen LogP contribution is -2.40. The van der Waals surface area contributed by atoms with Crippen molar-refractivity contribution in [3.8, 4) is 0 Å². The minimum absolute atomic E-state index is 0.129. The number of rotatable bonds is 5. The van der Waals surface area contributed by atoms with Gasteiger partial charge in [0.25, 0.3) is 0 Å². The Morgan fingerprint density at radius 3 is 2.74 bits per heavy atom. The SMILES string of the molecule is O=C(NCc1cccn1Cc1ccccc1F)NC1CCCC1. The highest BCUT2D eigenvalue weighted by Crippen LogP contribution is 2.17. The second-order valence-electron chi connectivity index (χ2n) is 6.03. The van der Waals surface area contributed by atoms with E-state index in [1.165, 1.54) is 18.9 Å². The van der Waals surface area contributed by atoms with E-state index in [1.807, 2.05) is 29.0 Å². The molecule has 2 aromatic rings. The van der Waals surface area contributed by atoms with Crippen LogP contribution in [0, 0.1) is 5.82 Å². The Morgan fingerprint density at radius 2 is 1.96 bits per heavy atom. The molecule has 1 aromatic heterocycles. The van der Waals surface area contributed by atoms with Crippen LogP contribution in [0.25, 0.3) is 0 Å². The maximum Gasteiger partial charge on any atom is 0.315 e. The van der Waals surface area contributed by atoms with Crippen molar-refractivity contribution >= 4 is 6.03 Å². The number of nitrogens with zero attached hydrogens (tertiary/aromatic N) is 1. The van der Waals surface area contributed by atoms with Gasteiger partial charge in [0.1, 0.15) is 5.82 Å². The van der Waals surface area contributed by atoms with Gasteiger partial charge in [0.15, 0.2) is 0 Å². The first-order chi connectivity index (χ1) is 11.2. The van der Waals surface area contributed by atoms with Crippen LogP contribution in [0.5, 0.6) is 0 Å². The fourth-order valence-corrected chi connectivity index (χ4v) is 3.05. The van der Waals surface area contributed by atoms with Gasteiger partial charge in [-0.1, -0.05) is 31.0 Å². The maximum atomic E-state index is 13.8. The topological polar surface area (TPSA) is 46.1 Å². The van der Waals surface area contributed by atoms with Crippen LogP contribution < -0.4 is 10.6 Å². The van der Waals surface area contributed by atoms with E-state index in [4.69, 9.17) is 0 Å². The Kier molecular flexibility index (Phi) is 4.95. The number of urea groups is 1. The van der Waals surface area contributed by atoms with E-state index in [1.54, 1.807) is 12.1 Å². The highest BCUT2D eigenvalue weighted by atomic mass is 19.1. The van der Waals surface area contributed by atoms with Crippen molar-refractivity contribution < 1.29 is 9.18 Å². The standard InChI is InChI=1S/C18H22FN3O/c19-17-10-4-1-6-14(17)13-22-11-5-9-16(22)12-20-18(23)21-15-7-2-3-8-15/h1,4-6,9-11,15H,2-3,7-8,12-13H2,(H2,20,21,23). The van der Waals surface area contributed by atoms with Crippen LogP contribution >= 0.6 is 0 Å². The molecule has 0 bridgehead atoms. The molecule has 1 aliphatic rings. The van der Waals surface area contributed by atoms with Crippen LogP contribution in [-0.4, -0.2) is 16.6 Å². The summed E-state index contributed by atoms with van der Waals surface area (Å²) in [5, 5.41) is 5.89. The number of hydrogen-bond acceptors (Lipinski definition) is 1. The zero-order chi connectivity index (χ0) is 16.1. The molecule has 0 unspecified atom stereocenters. The largest absolute Gasteiger partial charge is 0.345 e. The van der Waals surface area contributed by atoms with Gasteiger partial charge >= 0.3 is 6.03 Å². The van der Waals surface area contributed by atoms with Crippen molar-refractivity contribution in [2.75, 3.05) is 0 Å². The van der Waals surface area contributed by atoms with Crippen LogP contribution in [0.1, 0.15) is 36.9 Å². The molecular formula is C18H22FN3O. The zero-order valence-electron chi connectivity index (χ0n) is 13.1. The third-order valence-corrected chi connectivity index (χ3v) is 4.34. The molecule has 4 nitrogen and oxygen atoms in total. The van der Waals surface area contributed by atoms with Crippen LogP contribution in [0.3, 0.4) is 0 Å². The van der Waals surface area contributed by atoms with E-state index < -0.39 is 0 Å². The second-order valence-corrected chi connectivity index (χ2v) is 6.03. The molecule has 0 spiro atoms. The molecule has 0 aliphatic heterocycles. The van der Waals surface area contributed by atoms with Crippen LogP contribution in [0.2, 0.25) is 0 Å². The first kappa shape index (κ1) is 15.6. The summed E-state index contributed by atoms with van der Waals surface area (Å²) in [4.78, 5) is 11.9. The van der Waals surface area contributed by atoms with E-state index >= 15 is 0 Å². The van der Waals surface area contributed by atoms with E-state index in [0.717, 1.165) is 18.5 Å². The Labute approximate surface area is 135 Å². The molecule has 0 radical (unpaired) electrons. The Morgan fingerprint density at radius 1 is 1.17 bits per heavy atom. The van der Waals surface area contributed by atoms with Gasteiger partial charge in [0.2, 0.25) is 0 Å². The molecule has 1 fully saturated rings. The Balaban J connectivity index is 1.56. The molecule has 5 heteroatoms. The predicted octanol–water partition coefficient (Wildman–Crippen LogP) is 3.42. The molecule has 3 rings (SSSR count). The molecule has 2 N–H and O–H groups in total. The number of carbonyl (C=O) groups is 1. The lowest BCUT2D eigenvalue weighted by molar-refractivity contribution is 0.236. The van der Waals surface area contributed by atoms with Crippen molar-refractivity contribution in [1.29, 1.82) is 0 Å². The van der Waals surface area contributed by atoms with Crippen molar-refractivity contribution in [2.45, 2.75) is 44.8 Å². The monoisotopic (exact) mass is 315 g/mol. The third kappa shape index (κ3) is 4.12. The van der Waals surface area contributed by atoms with Crippen molar-refractivity contribution in [1.82, 2.24) is 15.2 Å². The van der Waals surface area contributed by atoms with Gasteiger partial charge in [0.05, 0.1) is 13.1 Å². The quantitative estimate of drug-likeness (QED) is 0.872. The minimum atomic E-state index is -0.209. The maximum absolute atomic E-state index is 13.8. The minimum Gasteiger partial charge on any atom is -0.345 e. The van der Waals surface area contributed by atoms with E-state index in [-0.39, 0.29) is 11.8 Å². The highest BCUT2D eigenvalue weighted by molar-refractivity contribution is 5.74. The third-order valence-electron chi connectivity index (χ3n) is 4.34. The summed E-state index contributed by atoms with van der Waals surface area (Å²) in [7, 11) is 0.